The quantitative estimate of drug-likeness (QED) is 0.707. The van der Waals surface area contributed by atoms with Crippen LogP contribution in [0.25, 0.3) is 10.9 Å². The highest BCUT2D eigenvalue weighted by atomic mass is 32.2. The molecule has 1 heterocycles. The maximum absolute atomic E-state index is 13.9. The van der Waals surface area contributed by atoms with Gasteiger partial charge in [-0.2, -0.15) is 0 Å². The van der Waals surface area contributed by atoms with Gasteiger partial charge in [-0.05, 0) is 42.3 Å². The van der Waals surface area contributed by atoms with Crippen LogP contribution in [0.2, 0.25) is 0 Å². The van der Waals surface area contributed by atoms with Crippen molar-refractivity contribution in [3.8, 4) is 0 Å². The van der Waals surface area contributed by atoms with Crippen molar-refractivity contribution in [1.82, 2.24) is 4.98 Å². The zero-order valence-corrected chi connectivity index (χ0v) is 12.1. The maximum atomic E-state index is 13.9. The second-order valence-corrected chi connectivity index (χ2v) is 5.38. The number of carboxylic acids is 1. The van der Waals surface area contributed by atoms with Gasteiger partial charge in [-0.3, -0.25) is 4.98 Å². The molecule has 3 rings (SSSR count). The number of carboxylic acid groups (broad SMARTS) is 1. The number of fused-ring (bicyclic) bond motifs is 1. The monoisotopic (exact) mass is 314 g/mol. The van der Waals surface area contributed by atoms with Crippen molar-refractivity contribution in [2.45, 2.75) is 4.90 Å². The molecule has 0 aliphatic rings. The van der Waals surface area contributed by atoms with Crippen molar-refractivity contribution >= 4 is 34.5 Å². The topological polar surface area (TPSA) is 62.2 Å². The molecule has 3 aromatic rings. The van der Waals surface area contributed by atoms with E-state index in [1.807, 2.05) is 30.3 Å². The van der Waals surface area contributed by atoms with Crippen LogP contribution < -0.4 is 4.72 Å². The Labute approximate surface area is 130 Å². The Balaban J connectivity index is 1.84. The lowest BCUT2D eigenvalue weighted by atomic mass is 10.2. The van der Waals surface area contributed by atoms with Crippen LogP contribution in [0.4, 0.5) is 10.1 Å². The first kappa shape index (κ1) is 14.3. The molecule has 0 amide bonds. The van der Waals surface area contributed by atoms with Gasteiger partial charge < -0.3 is 9.83 Å². The number of halogens is 1. The number of anilines is 1. The molecule has 1 aromatic heterocycles. The van der Waals surface area contributed by atoms with Crippen LogP contribution in [0.15, 0.2) is 59.6 Å². The van der Waals surface area contributed by atoms with Gasteiger partial charge in [0.05, 0.1) is 21.7 Å². The van der Waals surface area contributed by atoms with Gasteiger partial charge in [0.1, 0.15) is 5.82 Å². The van der Waals surface area contributed by atoms with Crippen molar-refractivity contribution < 1.29 is 14.3 Å². The minimum Gasteiger partial charge on any atom is -0.478 e. The Hall–Kier alpha value is -2.60. The molecule has 110 valence electrons. The molecule has 0 fully saturated rings. The highest BCUT2D eigenvalue weighted by Gasteiger charge is 2.09. The number of para-hydroxylation sites is 1. The molecule has 2 N–H and O–H groups in total. The van der Waals surface area contributed by atoms with Crippen molar-refractivity contribution in [1.29, 1.82) is 0 Å². The van der Waals surface area contributed by atoms with Crippen LogP contribution in [-0.2, 0) is 0 Å². The average molecular weight is 314 g/mol. The van der Waals surface area contributed by atoms with Crippen LogP contribution in [0.5, 0.6) is 0 Å². The van der Waals surface area contributed by atoms with Crippen LogP contribution >= 0.6 is 11.9 Å². The third-order valence-corrected chi connectivity index (χ3v) is 3.95. The van der Waals surface area contributed by atoms with Crippen molar-refractivity contribution in [3.05, 3.63) is 66.1 Å². The molecule has 0 saturated heterocycles. The van der Waals surface area contributed by atoms with E-state index in [9.17, 15) is 9.18 Å². The van der Waals surface area contributed by atoms with E-state index < -0.39 is 11.8 Å². The van der Waals surface area contributed by atoms with E-state index >= 15 is 0 Å². The van der Waals surface area contributed by atoms with Gasteiger partial charge >= 0.3 is 5.97 Å². The molecule has 0 spiro atoms. The number of aromatic nitrogens is 1. The highest BCUT2D eigenvalue weighted by molar-refractivity contribution is 8.00. The van der Waals surface area contributed by atoms with E-state index in [1.165, 1.54) is 24.1 Å². The predicted octanol–water partition coefficient (Wildman–Crippen LogP) is 4.19. The normalized spacial score (nSPS) is 10.6. The standard InChI is InChI=1S/C16H11FN2O2S/c17-12-9-11(16(20)21)6-7-13(12)19-22-14-5-1-3-10-4-2-8-18-15(10)14/h1-9,19H,(H,20,21). The summed E-state index contributed by atoms with van der Waals surface area (Å²) < 4.78 is 16.8. The molecule has 2 aromatic carbocycles. The van der Waals surface area contributed by atoms with Crippen molar-refractivity contribution in [2.75, 3.05) is 4.72 Å². The summed E-state index contributed by atoms with van der Waals surface area (Å²) in [5.74, 6) is -1.77. The van der Waals surface area contributed by atoms with E-state index in [0.717, 1.165) is 21.9 Å². The average Bonchev–Trinajstić information content (AvgIpc) is 2.53. The minimum atomic E-state index is -1.16. The van der Waals surface area contributed by atoms with Gasteiger partial charge in [-0.15, -0.1) is 0 Å². The van der Waals surface area contributed by atoms with Gasteiger partial charge in [-0.25, -0.2) is 9.18 Å². The fraction of sp³-hybridized carbons (Fsp3) is 0. The van der Waals surface area contributed by atoms with E-state index in [1.54, 1.807) is 6.20 Å². The van der Waals surface area contributed by atoms with E-state index in [2.05, 4.69) is 9.71 Å². The van der Waals surface area contributed by atoms with Gasteiger partial charge in [-0.1, -0.05) is 18.2 Å². The molecule has 0 atom stereocenters. The number of hydrogen-bond donors (Lipinski definition) is 2. The van der Waals surface area contributed by atoms with Crippen LogP contribution in [0, 0.1) is 5.82 Å². The van der Waals surface area contributed by atoms with Gasteiger partial charge in [0, 0.05) is 11.6 Å². The summed E-state index contributed by atoms with van der Waals surface area (Å²) in [7, 11) is 0. The summed E-state index contributed by atoms with van der Waals surface area (Å²) >= 11 is 1.23. The lowest BCUT2D eigenvalue weighted by molar-refractivity contribution is 0.0696. The maximum Gasteiger partial charge on any atom is 0.335 e. The summed E-state index contributed by atoms with van der Waals surface area (Å²) in [6.07, 6.45) is 1.70. The number of benzene rings is 2. The fourth-order valence-corrected chi connectivity index (χ4v) is 2.80. The largest absolute Gasteiger partial charge is 0.478 e. The molecule has 0 unspecified atom stereocenters. The molecular weight excluding hydrogens is 303 g/mol. The first-order chi connectivity index (χ1) is 10.6. The third-order valence-electron chi connectivity index (χ3n) is 3.08. The Morgan fingerprint density at radius 1 is 1.18 bits per heavy atom. The Bertz CT molecular complexity index is 849. The summed E-state index contributed by atoms with van der Waals surface area (Å²) in [6, 6.07) is 13.3. The number of rotatable bonds is 4. The highest BCUT2D eigenvalue weighted by Crippen LogP contribution is 2.28. The summed E-state index contributed by atoms with van der Waals surface area (Å²) in [6.45, 7) is 0. The zero-order valence-electron chi connectivity index (χ0n) is 11.3. The molecular formula is C16H11FN2O2S. The SMILES string of the molecule is O=C(O)c1ccc(NSc2cccc3cccnc23)c(F)c1. The van der Waals surface area contributed by atoms with E-state index in [-0.39, 0.29) is 11.3 Å². The first-order valence-corrected chi connectivity index (χ1v) is 7.26. The Morgan fingerprint density at radius 3 is 2.77 bits per heavy atom. The zero-order chi connectivity index (χ0) is 15.5. The molecule has 0 aliphatic heterocycles. The number of aromatic carboxylic acids is 1. The van der Waals surface area contributed by atoms with Crippen LogP contribution in [0.1, 0.15) is 10.4 Å². The summed E-state index contributed by atoms with van der Waals surface area (Å²) in [5.41, 5.74) is 0.966. The molecule has 22 heavy (non-hydrogen) atoms. The summed E-state index contributed by atoms with van der Waals surface area (Å²) in [4.78, 5) is 16.0. The molecule has 0 saturated carbocycles. The number of nitrogens with one attached hydrogen (secondary N) is 1. The second-order valence-electron chi connectivity index (χ2n) is 4.54. The second kappa shape index (κ2) is 6.03. The van der Waals surface area contributed by atoms with Crippen LogP contribution in [0.3, 0.4) is 0 Å². The van der Waals surface area contributed by atoms with E-state index in [0.29, 0.717) is 0 Å². The van der Waals surface area contributed by atoms with Gasteiger partial charge in [0.25, 0.3) is 0 Å². The molecule has 4 nitrogen and oxygen atoms in total. The fourth-order valence-electron chi connectivity index (χ4n) is 2.00. The van der Waals surface area contributed by atoms with Crippen molar-refractivity contribution in [3.63, 3.8) is 0 Å². The predicted molar refractivity (Wildman–Crippen MR) is 84.6 cm³/mol. The first-order valence-electron chi connectivity index (χ1n) is 6.44. The third kappa shape index (κ3) is 2.87. The molecule has 6 heteroatoms. The number of carbonyl (C=O) groups is 1. The van der Waals surface area contributed by atoms with Crippen molar-refractivity contribution in [2.24, 2.45) is 0 Å². The Morgan fingerprint density at radius 2 is 2.00 bits per heavy atom. The number of hydrogen-bond acceptors (Lipinski definition) is 4. The molecule has 0 bridgehead atoms. The number of nitrogens with zero attached hydrogens (tertiary/aromatic N) is 1. The van der Waals surface area contributed by atoms with Gasteiger partial charge in [0.2, 0.25) is 0 Å². The lowest BCUT2D eigenvalue weighted by Gasteiger charge is -2.09. The van der Waals surface area contributed by atoms with Gasteiger partial charge in [0.15, 0.2) is 0 Å². The smallest absolute Gasteiger partial charge is 0.335 e. The summed E-state index contributed by atoms with van der Waals surface area (Å²) in [5, 5.41) is 9.82. The molecule has 0 radical (unpaired) electrons. The Kier molecular flexibility index (Phi) is 3.93. The number of pyridine rings is 1. The van der Waals surface area contributed by atoms with Crippen LogP contribution in [-0.4, -0.2) is 16.1 Å². The van der Waals surface area contributed by atoms with E-state index in [4.69, 9.17) is 5.11 Å². The minimum absolute atomic E-state index is 0.0834. The lowest BCUT2D eigenvalue weighted by Crippen LogP contribution is -1.99. The molecule has 0 aliphatic carbocycles.